The van der Waals surface area contributed by atoms with Gasteiger partial charge >= 0.3 is 0 Å². The van der Waals surface area contributed by atoms with Crippen LogP contribution < -0.4 is 5.32 Å². The van der Waals surface area contributed by atoms with Gasteiger partial charge in [-0.1, -0.05) is 29.8 Å². The Morgan fingerprint density at radius 3 is 2.56 bits per heavy atom. The number of piperidine rings is 1. The second kappa shape index (κ2) is 6.05. The van der Waals surface area contributed by atoms with E-state index in [1.807, 2.05) is 0 Å². The Hall–Kier alpha value is -0.820. The van der Waals surface area contributed by atoms with Crippen LogP contribution in [0, 0.1) is 19.3 Å². The van der Waals surface area contributed by atoms with Crippen LogP contribution >= 0.6 is 0 Å². The Labute approximate surface area is 99.3 Å². The summed E-state index contributed by atoms with van der Waals surface area (Å²) in [7, 11) is 0. The maximum atomic E-state index is 3.42. The second-order valence-corrected chi connectivity index (χ2v) is 4.89. The fourth-order valence-corrected chi connectivity index (χ4v) is 2.36. The quantitative estimate of drug-likeness (QED) is 0.814. The van der Waals surface area contributed by atoms with Gasteiger partial charge < -0.3 is 5.32 Å². The van der Waals surface area contributed by atoms with E-state index in [0.29, 0.717) is 0 Å². The molecule has 0 unspecified atom stereocenters. The summed E-state index contributed by atoms with van der Waals surface area (Å²) in [5.74, 6) is 0.947. The van der Waals surface area contributed by atoms with E-state index in [9.17, 15) is 0 Å². The molecule has 0 aliphatic carbocycles. The lowest BCUT2D eigenvalue weighted by atomic mass is 9.91. The Morgan fingerprint density at radius 2 is 1.88 bits per heavy atom. The van der Waals surface area contributed by atoms with E-state index in [1.54, 1.807) is 0 Å². The molecule has 0 spiro atoms. The summed E-state index contributed by atoms with van der Waals surface area (Å²) in [4.78, 5) is 0. The van der Waals surface area contributed by atoms with Crippen molar-refractivity contribution in [3.8, 4) is 0 Å². The highest BCUT2D eigenvalue weighted by atomic mass is 14.9. The van der Waals surface area contributed by atoms with E-state index in [2.05, 4.69) is 42.9 Å². The van der Waals surface area contributed by atoms with Crippen molar-refractivity contribution in [2.24, 2.45) is 5.92 Å². The molecule has 0 amide bonds. The summed E-state index contributed by atoms with van der Waals surface area (Å²) < 4.78 is 0. The number of nitrogens with one attached hydrogen (secondary N) is 1. The van der Waals surface area contributed by atoms with Crippen LogP contribution in [0.1, 0.15) is 36.8 Å². The van der Waals surface area contributed by atoms with Gasteiger partial charge in [0.25, 0.3) is 0 Å². The zero-order valence-corrected chi connectivity index (χ0v) is 10.2. The molecule has 1 aliphatic heterocycles. The number of hydrogen-bond donors (Lipinski definition) is 1. The minimum Gasteiger partial charge on any atom is -0.317 e. The molecule has 87 valence electrons. The average molecular weight is 216 g/mol. The van der Waals surface area contributed by atoms with Crippen LogP contribution in [0.4, 0.5) is 0 Å². The molecule has 1 heteroatoms. The van der Waals surface area contributed by atoms with Crippen LogP contribution in [-0.4, -0.2) is 13.1 Å². The number of rotatable bonds is 4. The van der Waals surface area contributed by atoms with E-state index in [0.717, 1.165) is 5.92 Å². The molecule has 0 saturated carbocycles. The predicted octanol–water partition coefficient (Wildman–Crippen LogP) is 3.33. The first kappa shape index (κ1) is 11.7. The smallest absolute Gasteiger partial charge is 0.00463 e. The standard InChI is InChI=1S/C15H22N/c1-13-5-7-14(8-6-13)3-2-4-15-9-11-16-12-10-15/h3,5-8,15-16H,2,4,9-12H2,1H3. The SMILES string of the molecule is Cc1ccc([CH]CCC2CCNCC2)cc1. The summed E-state index contributed by atoms with van der Waals surface area (Å²) in [5.41, 5.74) is 2.72. The molecular weight excluding hydrogens is 194 g/mol. The molecule has 1 aromatic rings. The topological polar surface area (TPSA) is 12.0 Å². The summed E-state index contributed by atoms with van der Waals surface area (Å²) in [5, 5.41) is 3.42. The molecule has 0 atom stereocenters. The molecular formula is C15H22N. The fourth-order valence-electron chi connectivity index (χ4n) is 2.36. The molecule has 2 rings (SSSR count). The predicted molar refractivity (Wildman–Crippen MR) is 69.4 cm³/mol. The van der Waals surface area contributed by atoms with Crippen molar-refractivity contribution in [3.63, 3.8) is 0 Å². The van der Waals surface area contributed by atoms with Gasteiger partial charge in [0.15, 0.2) is 0 Å². The summed E-state index contributed by atoms with van der Waals surface area (Å²) in [6.45, 7) is 4.57. The molecule has 16 heavy (non-hydrogen) atoms. The highest BCUT2D eigenvalue weighted by Crippen LogP contribution is 2.20. The normalized spacial score (nSPS) is 17.6. The Morgan fingerprint density at radius 1 is 1.19 bits per heavy atom. The second-order valence-electron chi connectivity index (χ2n) is 4.89. The van der Waals surface area contributed by atoms with Crippen molar-refractivity contribution in [3.05, 3.63) is 41.8 Å². The summed E-state index contributed by atoms with van der Waals surface area (Å²) in [6, 6.07) is 8.82. The van der Waals surface area contributed by atoms with Crippen molar-refractivity contribution in [2.75, 3.05) is 13.1 Å². The highest BCUT2D eigenvalue weighted by molar-refractivity contribution is 5.26. The Kier molecular flexibility index (Phi) is 4.41. The Bertz CT molecular complexity index is 296. The molecule has 0 bridgehead atoms. The molecule has 1 aliphatic rings. The van der Waals surface area contributed by atoms with Gasteiger partial charge in [0.1, 0.15) is 0 Å². The minimum absolute atomic E-state index is 0.947. The third-order valence-electron chi connectivity index (χ3n) is 3.49. The van der Waals surface area contributed by atoms with E-state index in [1.165, 1.54) is 49.9 Å². The lowest BCUT2D eigenvalue weighted by Crippen LogP contribution is -2.27. The van der Waals surface area contributed by atoms with Gasteiger partial charge in [-0.05, 0) is 63.6 Å². The third-order valence-corrected chi connectivity index (χ3v) is 3.49. The van der Waals surface area contributed by atoms with Crippen LogP contribution in [-0.2, 0) is 0 Å². The van der Waals surface area contributed by atoms with Crippen molar-refractivity contribution < 1.29 is 0 Å². The van der Waals surface area contributed by atoms with Crippen molar-refractivity contribution in [1.29, 1.82) is 0 Å². The zero-order chi connectivity index (χ0) is 11.2. The van der Waals surface area contributed by atoms with Crippen LogP contribution in [0.5, 0.6) is 0 Å². The molecule has 0 aromatic heterocycles. The fraction of sp³-hybridized carbons (Fsp3) is 0.533. The van der Waals surface area contributed by atoms with Gasteiger partial charge in [-0.25, -0.2) is 0 Å². The average Bonchev–Trinajstić information content (AvgIpc) is 2.33. The van der Waals surface area contributed by atoms with Crippen molar-refractivity contribution >= 4 is 0 Å². The highest BCUT2D eigenvalue weighted by Gasteiger charge is 2.12. The largest absolute Gasteiger partial charge is 0.317 e. The lowest BCUT2D eigenvalue weighted by Gasteiger charge is -2.22. The number of hydrogen-bond acceptors (Lipinski definition) is 1. The van der Waals surface area contributed by atoms with E-state index in [-0.39, 0.29) is 0 Å². The van der Waals surface area contributed by atoms with E-state index < -0.39 is 0 Å². The maximum Gasteiger partial charge on any atom is -0.00463 e. The van der Waals surface area contributed by atoms with Gasteiger partial charge in [0, 0.05) is 0 Å². The first-order chi connectivity index (χ1) is 7.84. The van der Waals surface area contributed by atoms with Gasteiger partial charge in [-0.2, -0.15) is 0 Å². The van der Waals surface area contributed by atoms with Crippen LogP contribution in [0.15, 0.2) is 24.3 Å². The van der Waals surface area contributed by atoms with E-state index in [4.69, 9.17) is 0 Å². The van der Waals surface area contributed by atoms with Gasteiger partial charge in [0.05, 0.1) is 0 Å². The van der Waals surface area contributed by atoms with Gasteiger partial charge in [0.2, 0.25) is 0 Å². The van der Waals surface area contributed by atoms with Crippen molar-refractivity contribution in [2.45, 2.75) is 32.6 Å². The third kappa shape index (κ3) is 3.64. The van der Waals surface area contributed by atoms with Crippen molar-refractivity contribution in [1.82, 2.24) is 5.32 Å². The molecule has 1 fully saturated rings. The van der Waals surface area contributed by atoms with Crippen LogP contribution in [0.3, 0.4) is 0 Å². The van der Waals surface area contributed by atoms with Gasteiger partial charge in [-0.3, -0.25) is 0 Å². The number of aryl methyl sites for hydroxylation is 1. The molecule has 1 heterocycles. The molecule has 1 aromatic carbocycles. The van der Waals surface area contributed by atoms with Crippen LogP contribution in [0.25, 0.3) is 0 Å². The summed E-state index contributed by atoms with van der Waals surface area (Å²) >= 11 is 0. The van der Waals surface area contributed by atoms with Gasteiger partial charge in [-0.15, -0.1) is 0 Å². The molecule has 1 nitrogen and oxygen atoms in total. The molecule has 1 N–H and O–H groups in total. The first-order valence-electron chi connectivity index (χ1n) is 6.45. The van der Waals surface area contributed by atoms with E-state index >= 15 is 0 Å². The zero-order valence-electron chi connectivity index (χ0n) is 10.2. The maximum absolute atomic E-state index is 3.42. The monoisotopic (exact) mass is 216 g/mol. The lowest BCUT2D eigenvalue weighted by molar-refractivity contribution is 0.354. The summed E-state index contributed by atoms with van der Waals surface area (Å²) in [6.07, 6.45) is 7.69. The molecule has 1 saturated heterocycles. The first-order valence-corrected chi connectivity index (χ1v) is 6.45. The minimum atomic E-state index is 0.947. The number of benzene rings is 1. The Balaban J connectivity index is 1.69. The van der Waals surface area contributed by atoms with Crippen LogP contribution in [0.2, 0.25) is 0 Å². The molecule has 1 radical (unpaired) electrons.